The van der Waals surface area contributed by atoms with E-state index in [4.69, 9.17) is 14.6 Å². The maximum atomic E-state index is 11.1. The monoisotopic (exact) mass is 422 g/mol. The fraction of sp³-hybridized carbons (Fsp3) is 0.800. The van der Waals surface area contributed by atoms with Crippen LogP contribution in [0.3, 0.4) is 0 Å². The molecule has 0 saturated carbocycles. The summed E-state index contributed by atoms with van der Waals surface area (Å²) in [5, 5.41) is 19.1. The number of rotatable bonds is 10. The number of carboxylic acids is 1. The molecule has 2 N–H and O–H groups in total. The molecule has 2 aliphatic heterocycles. The van der Waals surface area contributed by atoms with Crippen LogP contribution in [0, 0.1) is 17.8 Å². The maximum Gasteiger partial charge on any atom is 0.305 e. The first-order chi connectivity index (χ1) is 14.3. The second-order valence-corrected chi connectivity index (χ2v) is 9.57. The van der Waals surface area contributed by atoms with Crippen LogP contribution in [0.5, 0.6) is 0 Å². The molecule has 0 radical (unpaired) electrons. The van der Waals surface area contributed by atoms with Gasteiger partial charge in [0, 0.05) is 5.92 Å². The lowest BCUT2D eigenvalue weighted by molar-refractivity contribution is -0.148. The van der Waals surface area contributed by atoms with Crippen LogP contribution in [0.4, 0.5) is 0 Å². The van der Waals surface area contributed by atoms with Crippen molar-refractivity contribution in [2.24, 2.45) is 17.8 Å². The summed E-state index contributed by atoms with van der Waals surface area (Å²) < 4.78 is 12.5. The van der Waals surface area contributed by atoms with Crippen molar-refractivity contribution in [2.45, 2.75) is 110 Å². The first kappa shape index (κ1) is 25.1. The highest BCUT2D eigenvalue weighted by molar-refractivity contribution is 5.67. The molecule has 30 heavy (non-hydrogen) atoms. The summed E-state index contributed by atoms with van der Waals surface area (Å²) in [5.41, 5.74) is 0. The van der Waals surface area contributed by atoms with Gasteiger partial charge in [0.25, 0.3) is 0 Å². The third-order valence-electron chi connectivity index (χ3n) is 6.39. The van der Waals surface area contributed by atoms with E-state index in [2.05, 4.69) is 26.0 Å². The largest absolute Gasteiger partial charge is 0.481 e. The Morgan fingerprint density at radius 1 is 1.03 bits per heavy atom. The number of carbonyl (C=O) groups is 1. The van der Waals surface area contributed by atoms with Crippen LogP contribution in [-0.2, 0) is 14.3 Å². The number of aliphatic carboxylic acids is 1. The van der Waals surface area contributed by atoms with Gasteiger partial charge in [0.15, 0.2) is 0 Å². The highest BCUT2D eigenvalue weighted by atomic mass is 16.5. The first-order valence-electron chi connectivity index (χ1n) is 11.8. The molecule has 0 aromatic heterocycles. The molecule has 8 atom stereocenters. The molecule has 2 rings (SSSR count). The van der Waals surface area contributed by atoms with E-state index in [0.29, 0.717) is 11.8 Å². The number of hydrogen-bond donors (Lipinski definition) is 2. The molecule has 0 aliphatic carbocycles. The summed E-state index contributed by atoms with van der Waals surface area (Å²) in [5.74, 6) is 0.224. The molecule has 0 aromatic rings. The molecule has 0 spiro atoms. The van der Waals surface area contributed by atoms with Gasteiger partial charge in [-0.15, -0.1) is 0 Å². The lowest BCUT2D eigenvalue weighted by Gasteiger charge is -2.37. The zero-order chi connectivity index (χ0) is 22.1. The van der Waals surface area contributed by atoms with E-state index < -0.39 is 12.1 Å². The zero-order valence-corrected chi connectivity index (χ0v) is 19.2. The van der Waals surface area contributed by atoms with E-state index in [9.17, 15) is 9.90 Å². The van der Waals surface area contributed by atoms with Crippen molar-refractivity contribution in [2.75, 3.05) is 0 Å². The van der Waals surface area contributed by atoms with Gasteiger partial charge < -0.3 is 19.7 Å². The van der Waals surface area contributed by atoms with Crippen LogP contribution < -0.4 is 0 Å². The Bertz CT molecular complexity index is 572. The first-order valence-corrected chi connectivity index (χ1v) is 11.8. The van der Waals surface area contributed by atoms with Crippen molar-refractivity contribution in [1.29, 1.82) is 0 Å². The third-order valence-corrected chi connectivity index (χ3v) is 6.39. The van der Waals surface area contributed by atoms with Gasteiger partial charge >= 0.3 is 5.97 Å². The Morgan fingerprint density at radius 2 is 1.70 bits per heavy atom. The topological polar surface area (TPSA) is 76.0 Å². The van der Waals surface area contributed by atoms with E-state index in [1.54, 1.807) is 0 Å². The minimum atomic E-state index is -0.781. The summed E-state index contributed by atoms with van der Waals surface area (Å²) in [7, 11) is 0. The summed E-state index contributed by atoms with van der Waals surface area (Å²) in [6.07, 6.45) is 15.1. The molecule has 5 heteroatoms. The van der Waals surface area contributed by atoms with Gasteiger partial charge in [0.1, 0.15) is 0 Å². The molecule has 2 aliphatic rings. The fourth-order valence-electron chi connectivity index (χ4n) is 4.82. The van der Waals surface area contributed by atoms with E-state index >= 15 is 0 Å². The lowest BCUT2D eigenvalue weighted by atomic mass is 9.88. The summed E-state index contributed by atoms with van der Waals surface area (Å²) in [6.45, 7) is 8.35. The smallest absolute Gasteiger partial charge is 0.305 e. The molecule has 5 nitrogen and oxygen atoms in total. The Morgan fingerprint density at radius 3 is 2.40 bits per heavy atom. The van der Waals surface area contributed by atoms with Crippen LogP contribution in [0.25, 0.3) is 0 Å². The average molecular weight is 423 g/mol. The number of hydrogen-bond acceptors (Lipinski definition) is 4. The molecule has 172 valence electrons. The van der Waals surface area contributed by atoms with Gasteiger partial charge in [0.2, 0.25) is 0 Å². The minimum absolute atomic E-state index is 0.0972. The van der Waals surface area contributed by atoms with Gasteiger partial charge in [-0.05, 0) is 63.7 Å². The molecule has 2 saturated heterocycles. The van der Waals surface area contributed by atoms with Crippen molar-refractivity contribution in [3.63, 3.8) is 0 Å². The number of aliphatic hydroxyl groups excluding tert-OH is 1. The molecule has 2 unspecified atom stereocenters. The van der Waals surface area contributed by atoms with Crippen LogP contribution >= 0.6 is 0 Å². The van der Waals surface area contributed by atoms with Gasteiger partial charge in [-0.25, -0.2) is 0 Å². The van der Waals surface area contributed by atoms with Crippen LogP contribution in [0.2, 0.25) is 0 Å². The molecule has 0 amide bonds. The van der Waals surface area contributed by atoms with Crippen molar-refractivity contribution >= 4 is 5.97 Å². The predicted molar refractivity (Wildman–Crippen MR) is 119 cm³/mol. The molecule has 2 heterocycles. The van der Waals surface area contributed by atoms with Gasteiger partial charge in [-0.2, -0.15) is 0 Å². The Hall–Kier alpha value is -1.17. The lowest BCUT2D eigenvalue weighted by Crippen LogP contribution is -2.38. The Balaban J connectivity index is 1.80. The van der Waals surface area contributed by atoms with E-state index in [0.717, 1.165) is 38.5 Å². The zero-order valence-electron chi connectivity index (χ0n) is 19.2. The van der Waals surface area contributed by atoms with E-state index in [1.165, 1.54) is 6.42 Å². The summed E-state index contributed by atoms with van der Waals surface area (Å²) in [4.78, 5) is 11.1. The SMILES string of the molecule is C/C=C/[C@H](O)[C@@H](C)/C=C/[C@H](C)C[C@H]1CCCC(C[C@H]2C[C@@H](C)CC(CC(=O)O)O2)O1. The highest BCUT2D eigenvalue weighted by Gasteiger charge is 2.32. The third kappa shape index (κ3) is 8.91. The van der Waals surface area contributed by atoms with Crippen LogP contribution in [0.15, 0.2) is 24.3 Å². The van der Waals surface area contributed by atoms with E-state index in [1.807, 2.05) is 26.0 Å². The molecule has 0 aromatic carbocycles. The number of allylic oxidation sites excluding steroid dienone is 2. The summed E-state index contributed by atoms with van der Waals surface area (Å²) in [6, 6.07) is 0. The van der Waals surface area contributed by atoms with Crippen LogP contribution in [0.1, 0.15) is 79.1 Å². The second kappa shape index (κ2) is 12.6. The van der Waals surface area contributed by atoms with Crippen molar-refractivity contribution in [3.8, 4) is 0 Å². The molecular weight excluding hydrogens is 380 g/mol. The van der Waals surface area contributed by atoms with Crippen molar-refractivity contribution in [1.82, 2.24) is 0 Å². The Kier molecular flexibility index (Phi) is 10.6. The standard InChI is InChI=1S/C25H42O5/c1-5-7-24(26)19(4)11-10-17(2)12-20-8-6-9-21(29-20)15-22-13-18(3)14-23(30-22)16-25(27)28/h5,7,10-11,17-24,26H,6,8-9,12-16H2,1-4H3,(H,27,28)/b7-5+,11-10+/t17-,18+,19-,20+,21?,22+,23?,24-/m0/s1. The average Bonchev–Trinajstić information content (AvgIpc) is 2.65. The fourth-order valence-corrected chi connectivity index (χ4v) is 4.82. The molecule has 0 bridgehead atoms. The number of carboxylic acid groups (broad SMARTS) is 1. The van der Waals surface area contributed by atoms with Gasteiger partial charge in [-0.1, -0.05) is 45.1 Å². The number of ether oxygens (including phenoxy) is 2. The van der Waals surface area contributed by atoms with Crippen molar-refractivity contribution < 1.29 is 24.5 Å². The van der Waals surface area contributed by atoms with Gasteiger partial charge in [0.05, 0.1) is 36.9 Å². The number of aliphatic hydroxyl groups is 1. The minimum Gasteiger partial charge on any atom is -0.481 e. The quantitative estimate of drug-likeness (QED) is 0.477. The molecular formula is C25H42O5. The normalized spacial score (nSPS) is 33.6. The summed E-state index contributed by atoms with van der Waals surface area (Å²) >= 11 is 0. The van der Waals surface area contributed by atoms with Gasteiger partial charge in [-0.3, -0.25) is 4.79 Å². The van der Waals surface area contributed by atoms with Crippen LogP contribution in [-0.4, -0.2) is 46.7 Å². The predicted octanol–water partition coefficient (Wildman–Crippen LogP) is 5.13. The molecule has 2 fully saturated rings. The second-order valence-electron chi connectivity index (χ2n) is 9.57. The highest BCUT2D eigenvalue weighted by Crippen LogP contribution is 2.33. The Labute approximate surface area is 182 Å². The maximum absolute atomic E-state index is 11.1. The van der Waals surface area contributed by atoms with E-state index in [-0.39, 0.29) is 36.8 Å². The van der Waals surface area contributed by atoms with Crippen molar-refractivity contribution in [3.05, 3.63) is 24.3 Å².